The number of benzene rings is 1. The number of pyridine rings is 1. The van der Waals surface area contributed by atoms with Crippen LogP contribution in [0.25, 0.3) is 5.52 Å². The first-order valence-electron chi connectivity index (χ1n) is 9.92. The summed E-state index contributed by atoms with van der Waals surface area (Å²) in [6, 6.07) is 11.5. The molecule has 0 atom stereocenters. The Labute approximate surface area is 168 Å². The molecule has 2 heterocycles. The molecule has 4 rings (SSSR count). The summed E-state index contributed by atoms with van der Waals surface area (Å²) in [6.45, 7) is 0.241. The number of hydrogen-bond donors (Lipinski definition) is 2. The maximum Gasteiger partial charge on any atom is 0.287 e. The van der Waals surface area contributed by atoms with Gasteiger partial charge in [0.1, 0.15) is 5.82 Å². The van der Waals surface area contributed by atoms with Gasteiger partial charge in [-0.2, -0.15) is 0 Å². The Bertz CT molecular complexity index is 1020. The lowest BCUT2D eigenvalue weighted by Crippen LogP contribution is -2.36. The average molecular weight is 394 g/mol. The van der Waals surface area contributed by atoms with Gasteiger partial charge in [-0.1, -0.05) is 37.5 Å². The quantitative estimate of drug-likeness (QED) is 0.696. The van der Waals surface area contributed by atoms with Crippen molar-refractivity contribution in [3.8, 4) is 0 Å². The number of halogens is 1. The van der Waals surface area contributed by atoms with Crippen molar-refractivity contribution in [3.05, 3.63) is 71.6 Å². The van der Waals surface area contributed by atoms with Gasteiger partial charge in [0.25, 0.3) is 11.8 Å². The lowest BCUT2D eigenvalue weighted by atomic mass is 9.95. The third kappa shape index (κ3) is 4.29. The first-order valence-corrected chi connectivity index (χ1v) is 9.92. The van der Waals surface area contributed by atoms with Crippen molar-refractivity contribution in [1.82, 2.24) is 20.0 Å². The first kappa shape index (κ1) is 19.1. The fourth-order valence-electron chi connectivity index (χ4n) is 3.73. The largest absolute Gasteiger partial charge is 0.348 e. The van der Waals surface area contributed by atoms with Crippen LogP contribution in [0.15, 0.2) is 48.7 Å². The van der Waals surface area contributed by atoms with Crippen molar-refractivity contribution in [2.45, 2.75) is 44.7 Å². The second kappa shape index (κ2) is 8.43. The van der Waals surface area contributed by atoms with E-state index in [-0.39, 0.29) is 35.8 Å². The minimum absolute atomic E-state index is 0.150. The number of hydrogen-bond acceptors (Lipinski definition) is 3. The molecule has 1 aromatic carbocycles. The van der Waals surface area contributed by atoms with Crippen molar-refractivity contribution in [1.29, 1.82) is 0 Å². The minimum atomic E-state index is -0.396. The summed E-state index contributed by atoms with van der Waals surface area (Å²) in [5.74, 6) is -0.824. The van der Waals surface area contributed by atoms with Crippen LogP contribution >= 0.6 is 0 Å². The van der Waals surface area contributed by atoms with Gasteiger partial charge in [0.05, 0.1) is 5.52 Å². The number of nitrogens with one attached hydrogen (secondary N) is 2. The fourth-order valence-corrected chi connectivity index (χ4v) is 3.73. The first-order chi connectivity index (χ1) is 14.1. The summed E-state index contributed by atoms with van der Waals surface area (Å²) in [5, 5.41) is 5.84. The summed E-state index contributed by atoms with van der Waals surface area (Å²) >= 11 is 0. The maximum absolute atomic E-state index is 13.0. The van der Waals surface area contributed by atoms with E-state index < -0.39 is 5.91 Å². The standard InChI is InChI=1S/C22H23FN4O2/c23-16-11-9-15(10-12-16)14-24-22(29)20-26-19(18-8-4-5-13-27(18)20)21(28)25-17-6-2-1-3-7-17/h4-5,8-13,17H,1-3,6-7,14H2,(H,24,29)(H,25,28). The van der Waals surface area contributed by atoms with Gasteiger partial charge in [-0.05, 0) is 42.7 Å². The maximum atomic E-state index is 13.0. The molecule has 1 fully saturated rings. The monoisotopic (exact) mass is 394 g/mol. The summed E-state index contributed by atoms with van der Waals surface area (Å²) in [4.78, 5) is 29.9. The molecule has 2 N–H and O–H groups in total. The van der Waals surface area contributed by atoms with Gasteiger partial charge in [-0.25, -0.2) is 9.37 Å². The molecular weight excluding hydrogens is 371 g/mol. The van der Waals surface area contributed by atoms with Gasteiger partial charge < -0.3 is 10.6 Å². The molecule has 6 nitrogen and oxygen atoms in total. The predicted octanol–water partition coefficient (Wildman–Crippen LogP) is 3.47. The van der Waals surface area contributed by atoms with Crippen LogP contribution in [0.5, 0.6) is 0 Å². The molecule has 7 heteroatoms. The lowest BCUT2D eigenvalue weighted by Gasteiger charge is -2.22. The Balaban J connectivity index is 1.53. The number of rotatable bonds is 5. The van der Waals surface area contributed by atoms with E-state index in [1.165, 1.54) is 18.6 Å². The number of carbonyl (C=O) groups is 2. The van der Waals surface area contributed by atoms with Crippen LogP contribution in [-0.4, -0.2) is 27.2 Å². The predicted molar refractivity (Wildman–Crippen MR) is 107 cm³/mol. The zero-order valence-electron chi connectivity index (χ0n) is 16.0. The topological polar surface area (TPSA) is 75.5 Å². The molecule has 0 aliphatic heterocycles. The molecule has 29 heavy (non-hydrogen) atoms. The van der Waals surface area contributed by atoms with E-state index in [0.29, 0.717) is 5.52 Å². The Morgan fingerprint density at radius 2 is 1.79 bits per heavy atom. The lowest BCUT2D eigenvalue weighted by molar-refractivity contribution is 0.0924. The van der Waals surface area contributed by atoms with Crippen LogP contribution in [0.1, 0.15) is 58.8 Å². The molecule has 1 aliphatic carbocycles. The Hall–Kier alpha value is -3.22. The number of amides is 2. The molecule has 2 amide bonds. The second-order valence-electron chi connectivity index (χ2n) is 7.36. The molecule has 0 radical (unpaired) electrons. The molecule has 150 valence electrons. The third-order valence-corrected chi connectivity index (χ3v) is 5.27. The van der Waals surface area contributed by atoms with Gasteiger partial charge in [0.15, 0.2) is 5.69 Å². The van der Waals surface area contributed by atoms with E-state index in [2.05, 4.69) is 15.6 Å². The molecule has 0 spiro atoms. The number of aromatic nitrogens is 2. The highest BCUT2D eigenvalue weighted by atomic mass is 19.1. The Morgan fingerprint density at radius 1 is 1.03 bits per heavy atom. The fraction of sp³-hybridized carbons (Fsp3) is 0.318. The van der Waals surface area contributed by atoms with E-state index in [4.69, 9.17) is 0 Å². The minimum Gasteiger partial charge on any atom is -0.348 e. The molecule has 0 unspecified atom stereocenters. The highest BCUT2D eigenvalue weighted by Crippen LogP contribution is 2.19. The zero-order chi connectivity index (χ0) is 20.2. The van der Waals surface area contributed by atoms with E-state index in [1.807, 2.05) is 6.07 Å². The number of imidazole rings is 1. The van der Waals surface area contributed by atoms with Crippen LogP contribution in [0.4, 0.5) is 4.39 Å². The Morgan fingerprint density at radius 3 is 2.55 bits per heavy atom. The smallest absolute Gasteiger partial charge is 0.287 e. The van der Waals surface area contributed by atoms with Crippen molar-refractivity contribution in [2.24, 2.45) is 0 Å². The van der Waals surface area contributed by atoms with Crippen molar-refractivity contribution in [3.63, 3.8) is 0 Å². The van der Waals surface area contributed by atoms with Gasteiger partial charge in [0.2, 0.25) is 5.82 Å². The van der Waals surface area contributed by atoms with Crippen LogP contribution < -0.4 is 10.6 Å². The third-order valence-electron chi connectivity index (χ3n) is 5.27. The second-order valence-corrected chi connectivity index (χ2v) is 7.36. The number of carbonyl (C=O) groups excluding carboxylic acids is 2. The molecular formula is C22H23FN4O2. The molecule has 0 saturated heterocycles. The summed E-state index contributed by atoms with van der Waals surface area (Å²) in [7, 11) is 0. The van der Waals surface area contributed by atoms with Crippen molar-refractivity contribution >= 4 is 17.3 Å². The van der Waals surface area contributed by atoms with Crippen LogP contribution in [-0.2, 0) is 6.54 Å². The molecule has 1 aliphatic rings. The van der Waals surface area contributed by atoms with E-state index in [1.54, 1.807) is 34.9 Å². The van der Waals surface area contributed by atoms with Gasteiger partial charge in [-0.15, -0.1) is 0 Å². The van der Waals surface area contributed by atoms with Gasteiger partial charge in [0, 0.05) is 18.8 Å². The molecule has 2 aromatic heterocycles. The Kier molecular flexibility index (Phi) is 5.55. The van der Waals surface area contributed by atoms with Crippen molar-refractivity contribution < 1.29 is 14.0 Å². The van der Waals surface area contributed by atoms with Gasteiger partial charge in [-0.3, -0.25) is 14.0 Å². The average Bonchev–Trinajstić information content (AvgIpc) is 3.14. The van der Waals surface area contributed by atoms with Gasteiger partial charge >= 0.3 is 0 Å². The van der Waals surface area contributed by atoms with E-state index in [0.717, 1.165) is 31.2 Å². The number of fused-ring (bicyclic) bond motifs is 1. The molecule has 1 saturated carbocycles. The SMILES string of the molecule is O=C(NC1CCCCC1)c1nc(C(=O)NCc2ccc(F)cc2)n2ccccc12. The number of nitrogens with zero attached hydrogens (tertiary/aromatic N) is 2. The molecule has 3 aromatic rings. The van der Waals surface area contributed by atoms with Crippen LogP contribution in [0.3, 0.4) is 0 Å². The van der Waals surface area contributed by atoms with Crippen LogP contribution in [0, 0.1) is 5.82 Å². The van der Waals surface area contributed by atoms with Crippen LogP contribution in [0.2, 0.25) is 0 Å². The highest BCUT2D eigenvalue weighted by molar-refractivity contribution is 6.02. The summed E-state index contributed by atoms with van der Waals surface area (Å²) in [5.41, 5.74) is 1.62. The summed E-state index contributed by atoms with van der Waals surface area (Å²) < 4.78 is 14.7. The normalized spacial score (nSPS) is 14.7. The zero-order valence-corrected chi connectivity index (χ0v) is 16.0. The summed E-state index contributed by atoms with van der Waals surface area (Å²) in [6.07, 6.45) is 7.10. The molecule has 0 bridgehead atoms. The van der Waals surface area contributed by atoms with Crippen molar-refractivity contribution in [2.75, 3.05) is 0 Å². The van der Waals surface area contributed by atoms with E-state index in [9.17, 15) is 14.0 Å². The van der Waals surface area contributed by atoms with E-state index >= 15 is 0 Å². The highest BCUT2D eigenvalue weighted by Gasteiger charge is 2.23.